The highest BCUT2D eigenvalue weighted by molar-refractivity contribution is 7.89. The van der Waals surface area contributed by atoms with Crippen molar-refractivity contribution in [1.29, 1.82) is 0 Å². The van der Waals surface area contributed by atoms with Crippen LogP contribution in [0.2, 0.25) is 0 Å². The van der Waals surface area contributed by atoms with E-state index in [2.05, 4.69) is 5.32 Å². The van der Waals surface area contributed by atoms with Gasteiger partial charge in [-0.05, 0) is 42.3 Å². The molecule has 148 valence electrons. The molecule has 1 N–H and O–H groups in total. The van der Waals surface area contributed by atoms with Gasteiger partial charge in [-0.15, -0.1) is 0 Å². The van der Waals surface area contributed by atoms with Crippen LogP contribution < -0.4 is 5.32 Å². The van der Waals surface area contributed by atoms with Crippen molar-refractivity contribution in [2.45, 2.75) is 23.3 Å². The highest BCUT2D eigenvalue weighted by atomic mass is 32.2. The molecule has 0 bridgehead atoms. The van der Waals surface area contributed by atoms with Gasteiger partial charge >= 0.3 is 0 Å². The van der Waals surface area contributed by atoms with Crippen molar-refractivity contribution in [3.8, 4) is 0 Å². The molecule has 0 radical (unpaired) electrons. The molecule has 1 saturated heterocycles. The molecule has 28 heavy (non-hydrogen) atoms. The van der Waals surface area contributed by atoms with Crippen molar-refractivity contribution in [2.75, 3.05) is 26.3 Å². The lowest BCUT2D eigenvalue weighted by Crippen LogP contribution is -2.40. The van der Waals surface area contributed by atoms with Crippen molar-refractivity contribution in [3.05, 3.63) is 65.5 Å². The van der Waals surface area contributed by atoms with Gasteiger partial charge in [-0.3, -0.25) is 4.79 Å². The standard InChI is InChI=1S/C20H21FN2O4S/c21-16-5-1-3-14(11-16)18-13-19(18)22-20(24)15-4-2-6-17(12-15)28(25,26)23-7-9-27-10-8-23/h1-6,11-12,18-19H,7-10,13H2,(H,22,24). The summed E-state index contributed by atoms with van der Waals surface area (Å²) in [6.07, 6.45) is 0.737. The first kappa shape index (κ1) is 19.0. The highest BCUT2D eigenvalue weighted by Crippen LogP contribution is 2.41. The average molecular weight is 404 g/mol. The third kappa shape index (κ3) is 3.94. The van der Waals surface area contributed by atoms with Gasteiger partial charge in [0.1, 0.15) is 5.82 Å². The second kappa shape index (κ2) is 7.62. The molecule has 1 amide bonds. The van der Waals surface area contributed by atoms with Crippen LogP contribution in [0, 0.1) is 5.82 Å². The van der Waals surface area contributed by atoms with Crippen LogP contribution in [0.25, 0.3) is 0 Å². The zero-order valence-electron chi connectivity index (χ0n) is 15.2. The first-order valence-corrected chi connectivity index (χ1v) is 10.6. The van der Waals surface area contributed by atoms with Crippen molar-refractivity contribution in [2.24, 2.45) is 0 Å². The molecule has 2 unspecified atom stereocenters. The average Bonchev–Trinajstić information content (AvgIpc) is 3.48. The van der Waals surface area contributed by atoms with E-state index in [9.17, 15) is 17.6 Å². The van der Waals surface area contributed by atoms with E-state index in [0.717, 1.165) is 12.0 Å². The van der Waals surface area contributed by atoms with E-state index in [4.69, 9.17) is 4.74 Å². The second-order valence-corrected chi connectivity index (χ2v) is 8.96. The number of carbonyl (C=O) groups is 1. The summed E-state index contributed by atoms with van der Waals surface area (Å²) in [5.41, 5.74) is 1.15. The molecular weight excluding hydrogens is 383 g/mol. The quantitative estimate of drug-likeness (QED) is 0.829. The molecule has 2 atom stereocenters. The van der Waals surface area contributed by atoms with E-state index in [1.54, 1.807) is 18.2 Å². The Balaban J connectivity index is 1.45. The lowest BCUT2D eigenvalue weighted by atomic mass is 10.1. The van der Waals surface area contributed by atoms with Crippen LogP contribution in [0.1, 0.15) is 28.3 Å². The molecule has 2 fully saturated rings. The van der Waals surface area contributed by atoms with Crippen LogP contribution in [0.3, 0.4) is 0 Å². The normalized spacial score (nSPS) is 22.6. The number of halogens is 1. The molecule has 0 spiro atoms. The summed E-state index contributed by atoms with van der Waals surface area (Å²) in [4.78, 5) is 12.7. The summed E-state index contributed by atoms with van der Waals surface area (Å²) in [5.74, 6) is -0.543. The minimum Gasteiger partial charge on any atom is -0.379 e. The van der Waals surface area contributed by atoms with E-state index in [1.165, 1.54) is 28.6 Å². The van der Waals surface area contributed by atoms with Crippen molar-refractivity contribution in [3.63, 3.8) is 0 Å². The maximum atomic E-state index is 13.4. The van der Waals surface area contributed by atoms with Gasteiger partial charge in [0.15, 0.2) is 0 Å². The Morgan fingerprint density at radius 2 is 1.86 bits per heavy atom. The van der Waals surface area contributed by atoms with Crippen LogP contribution in [-0.2, 0) is 14.8 Å². The van der Waals surface area contributed by atoms with E-state index >= 15 is 0 Å². The van der Waals surface area contributed by atoms with Crippen molar-refractivity contribution >= 4 is 15.9 Å². The fourth-order valence-electron chi connectivity index (χ4n) is 3.45. The van der Waals surface area contributed by atoms with Crippen LogP contribution in [0.15, 0.2) is 53.4 Å². The number of hydrogen-bond donors (Lipinski definition) is 1. The van der Waals surface area contributed by atoms with Gasteiger partial charge in [0.25, 0.3) is 5.91 Å². The number of rotatable bonds is 5. The van der Waals surface area contributed by atoms with E-state index in [1.807, 2.05) is 6.07 Å². The summed E-state index contributed by atoms with van der Waals surface area (Å²) >= 11 is 0. The first-order chi connectivity index (χ1) is 13.4. The Kier molecular flexibility index (Phi) is 5.18. The van der Waals surface area contributed by atoms with Crippen LogP contribution in [0.5, 0.6) is 0 Å². The molecular formula is C20H21FN2O4S. The largest absolute Gasteiger partial charge is 0.379 e. The third-order valence-electron chi connectivity index (χ3n) is 5.09. The number of amides is 1. The van der Waals surface area contributed by atoms with Crippen molar-refractivity contribution in [1.82, 2.24) is 9.62 Å². The molecule has 2 aromatic carbocycles. The Bertz CT molecular complexity index is 989. The Morgan fingerprint density at radius 3 is 2.61 bits per heavy atom. The van der Waals surface area contributed by atoms with E-state index < -0.39 is 10.0 Å². The summed E-state index contributed by atoms with van der Waals surface area (Å²) < 4.78 is 45.5. The highest BCUT2D eigenvalue weighted by Gasteiger charge is 2.39. The molecule has 6 nitrogen and oxygen atoms in total. The predicted octanol–water partition coefficient (Wildman–Crippen LogP) is 2.13. The zero-order valence-corrected chi connectivity index (χ0v) is 16.0. The molecule has 1 aliphatic heterocycles. The molecule has 4 rings (SSSR count). The molecule has 2 aromatic rings. The fraction of sp³-hybridized carbons (Fsp3) is 0.350. The summed E-state index contributed by atoms with van der Waals surface area (Å²) in [7, 11) is -3.66. The monoisotopic (exact) mass is 404 g/mol. The van der Waals surface area contributed by atoms with Gasteiger partial charge in [0, 0.05) is 30.6 Å². The SMILES string of the molecule is O=C(NC1CC1c1cccc(F)c1)c1cccc(S(=O)(=O)N2CCOCC2)c1. The van der Waals surface area contributed by atoms with Crippen LogP contribution >= 0.6 is 0 Å². The molecule has 1 heterocycles. The maximum Gasteiger partial charge on any atom is 0.251 e. The van der Waals surface area contributed by atoms with E-state index in [-0.39, 0.29) is 28.6 Å². The van der Waals surface area contributed by atoms with E-state index in [0.29, 0.717) is 31.9 Å². The number of morpholine rings is 1. The van der Waals surface area contributed by atoms with Gasteiger partial charge in [0.05, 0.1) is 18.1 Å². The molecule has 1 saturated carbocycles. The summed E-state index contributed by atoms with van der Waals surface area (Å²) in [5, 5.41) is 2.91. The minimum atomic E-state index is -3.66. The Labute approximate surface area is 163 Å². The van der Waals surface area contributed by atoms with Gasteiger partial charge in [-0.2, -0.15) is 4.31 Å². The van der Waals surface area contributed by atoms with Crippen LogP contribution in [0.4, 0.5) is 4.39 Å². The second-order valence-electron chi connectivity index (χ2n) is 7.02. The first-order valence-electron chi connectivity index (χ1n) is 9.19. The number of nitrogens with one attached hydrogen (secondary N) is 1. The minimum absolute atomic E-state index is 0.0752. The Hall–Kier alpha value is -2.29. The molecule has 8 heteroatoms. The van der Waals surface area contributed by atoms with Crippen molar-refractivity contribution < 1.29 is 22.3 Å². The fourth-order valence-corrected chi connectivity index (χ4v) is 4.90. The lowest BCUT2D eigenvalue weighted by Gasteiger charge is -2.26. The molecule has 2 aliphatic rings. The number of carbonyl (C=O) groups excluding carboxylic acids is 1. The molecule has 1 aliphatic carbocycles. The van der Waals surface area contributed by atoms with Gasteiger partial charge in [-0.1, -0.05) is 18.2 Å². The van der Waals surface area contributed by atoms with Crippen LogP contribution in [-0.4, -0.2) is 51.0 Å². The predicted molar refractivity (Wildman–Crippen MR) is 101 cm³/mol. The zero-order chi connectivity index (χ0) is 19.7. The number of ether oxygens (including phenoxy) is 1. The number of benzene rings is 2. The van der Waals surface area contributed by atoms with Gasteiger partial charge in [-0.25, -0.2) is 12.8 Å². The van der Waals surface area contributed by atoms with Gasteiger partial charge < -0.3 is 10.1 Å². The summed E-state index contributed by atoms with van der Waals surface area (Å²) in [6, 6.07) is 12.3. The topological polar surface area (TPSA) is 75.7 Å². The maximum absolute atomic E-state index is 13.4. The Morgan fingerprint density at radius 1 is 1.11 bits per heavy atom. The molecule has 0 aromatic heterocycles. The lowest BCUT2D eigenvalue weighted by molar-refractivity contribution is 0.0730. The number of hydrogen-bond acceptors (Lipinski definition) is 4. The number of sulfonamides is 1. The number of nitrogens with zero attached hydrogens (tertiary/aromatic N) is 1. The third-order valence-corrected chi connectivity index (χ3v) is 6.98. The van der Waals surface area contributed by atoms with Gasteiger partial charge in [0.2, 0.25) is 10.0 Å². The summed E-state index contributed by atoms with van der Waals surface area (Å²) in [6.45, 7) is 1.33. The smallest absolute Gasteiger partial charge is 0.251 e.